The van der Waals surface area contributed by atoms with Gasteiger partial charge in [0.25, 0.3) is 0 Å². The van der Waals surface area contributed by atoms with Crippen molar-refractivity contribution < 1.29 is 64.6 Å². The highest BCUT2D eigenvalue weighted by atomic mass is 16.7. The lowest BCUT2D eigenvalue weighted by atomic mass is 9.97. The van der Waals surface area contributed by atoms with Gasteiger partial charge in [0.1, 0.15) is 48.8 Å². The summed E-state index contributed by atoms with van der Waals surface area (Å²) >= 11 is 0. The quantitative estimate of drug-likeness (QED) is 0.0273. The molecule has 14 nitrogen and oxygen atoms in total. The largest absolute Gasteiger partial charge is 0.394 e. The van der Waals surface area contributed by atoms with E-state index in [1.54, 1.807) is 0 Å². The molecule has 9 N–H and O–H groups in total. The summed E-state index contributed by atoms with van der Waals surface area (Å²) in [6.07, 6.45) is 24.2. The minimum Gasteiger partial charge on any atom is -0.394 e. The van der Waals surface area contributed by atoms with Crippen LogP contribution in [0.5, 0.6) is 0 Å². The standard InChI is InChI=1S/C51H99NO13/c1-3-5-7-8-9-10-11-12-13-14-15-16-17-18-19-20-21-22-23-24-25-26-27-28-29-30-31-32-33-34-40(55)39(52-43(56)35-6-4-2)38-62-50-48(61)46(59)49(42(37-54)64-50)65-51-47(60)45(58)44(57)41(36-53)63-51/h39-42,44-51,53-55,57-61H,3-38H2,1-2H3,(H,52,56). The Bertz CT molecular complexity index is 1100. The summed E-state index contributed by atoms with van der Waals surface area (Å²) < 4.78 is 22.5. The maximum atomic E-state index is 12.7. The van der Waals surface area contributed by atoms with Gasteiger partial charge in [0.05, 0.1) is 32.0 Å². The van der Waals surface area contributed by atoms with E-state index in [0.29, 0.717) is 12.8 Å². The number of aliphatic hydroxyl groups is 8. The zero-order valence-electron chi connectivity index (χ0n) is 41.0. The Balaban J connectivity index is 1.54. The van der Waals surface area contributed by atoms with E-state index in [9.17, 15) is 45.6 Å². The summed E-state index contributed by atoms with van der Waals surface area (Å²) in [6, 6.07) is -0.818. The van der Waals surface area contributed by atoms with E-state index in [-0.39, 0.29) is 18.9 Å². The van der Waals surface area contributed by atoms with Crippen LogP contribution in [0.15, 0.2) is 0 Å². The van der Waals surface area contributed by atoms with Crippen molar-refractivity contribution in [1.29, 1.82) is 0 Å². The first-order valence-electron chi connectivity index (χ1n) is 26.8. The Morgan fingerprint density at radius 1 is 0.492 bits per heavy atom. The molecule has 2 heterocycles. The van der Waals surface area contributed by atoms with Crippen LogP contribution in [-0.2, 0) is 23.7 Å². The van der Waals surface area contributed by atoms with Crippen molar-refractivity contribution in [2.24, 2.45) is 0 Å². The molecule has 0 aromatic rings. The van der Waals surface area contributed by atoms with Crippen molar-refractivity contribution >= 4 is 5.91 Å². The molecule has 386 valence electrons. The monoisotopic (exact) mass is 934 g/mol. The SMILES string of the molecule is CCCCCCCCCCCCCCCCCCCCCCCCCCCCCCCC(O)C(COC1OC(CO)C(OC2OC(CO)C(O)C(O)C2O)C(O)C1O)NC(=O)CCCC. The summed E-state index contributed by atoms with van der Waals surface area (Å²) in [7, 11) is 0. The highest BCUT2D eigenvalue weighted by Gasteiger charge is 2.51. The van der Waals surface area contributed by atoms with Crippen LogP contribution in [0.4, 0.5) is 0 Å². The smallest absolute Gasteiger partial charge is 0.220 e. The lowest BCUT2D eigenvalue weighted by molar-refractivity contribution is -0.359. The molecule has 0 aromatic heterocycles. The number of ether oxygens (including phenoxy) is 4. The lowest BCUT2D eigenvalue weighted by Gasteiger charge is -2.46. The first kappa shape index (κ1) is 60.1. The summed E-state index contributed by atoms with van der Waals surface area (Å²) in [6.45, 7) is 2.62. The zero-order valence-corrected chi connectivity index (χ0v) is 41.0. The minimum absolute atomic E-state index is 0.239. The van der Waals surface area contributed by atoms with Crippen LogP contribution < -0.4 is 5.32 Å². The van der Waals surface area contributed by atoms with Gasteiger partial charge in [0, 0.05) is 6.42 Å². The number of nitrogens with one attached hydrogen (secondary N) is 1. The molecule has 12 atom stereocenters. The van der Waals surface area contributed by atoms with Crippen LogP contribution in [0, 0.1) is 0 Å². The van der Waals surface area contributed by atoms with Gasteiger partial charge in [-0.3, -0.25) is 4.79 Å². The van der Waals surface area contributed by atoms with E-state index in [0.717, 1.165) is 32.1 Å². The van der Waals surface area contributed by atoms with Gasteiger partial charge >= 0.3 is 0 Å². The molecule has 0 aliphatic carbocycles. The number of carbonyl (C=O) groups excluding carboxylic acids is 1. The Hall–Kier alpha value is -1.01. The maximum Gasteiger partial charge on any atom is 0.220 e. The van der Waals surface area contributed by atoms with Gasteiger partial charge in [-0.25, -0.2) is 0 Å². The molecule has 0 aromatic carbocycles. The minimum atomic E-state index is -1.78. The third-order valence-corrected chi connectivity index (χ3v) is 13.6. The van der Waals surface area contributed by atoms with Crippen molar-refractivity contribution in [2.45, 2.75) is 299 Å². The van der Waals surface area contributed by atoms with E-state index in [4.69, 9.17) is 18.9 Å². The highest BCUT2D eigenvalue weighted by Crippen LogP contribution is 2.30. The molecule has 1 amide bonds. The number of hydrogen-bond donors (Lipinski definition) is 9. The molecule has 65 heavy (non-hydrogen) atoms. The number of carbonyl (C=O) groups is 1. The first-order chi connectivity index (χ1) is 31.6. The van der Waals surface area contributed by atoms with Crippen molar-refractivity contribution in [2.75, 3.05) is 19.8 Å². The van der Waals surface area contributed by atoms with Crippen LogP contribution in [0.2, 0.25) is 0 Å². The average molecular weight is 934 g/mol. The maximum absolute atomic E-state index is 12.7. The zero-order chi connectivity index (χ0) is 47.5. The van der Waals surface area contributed by atoms with Crippen molar-refractivity contribution in [3.8, 4) is 0 Å². The molecular weight excluding hydrogens is 835 g/mol. The van der Waals surface area contributed by atoms with Crippen LogP contribution in [0.3, 0.4) is 0 Å². The summed E-state index contributed by atoms with van der Waals surface area (Å²) in [5.41, 5.74) is 0. The first-order valence-corrected chi connectivity index (χ1v) is 26.8. The van der Waals surface area contributed by atoms with E-state index in [2.05, 4.69) is 12.2 Å². The second kappa shape index (κ2) is 38.8. The summed E-state index contributed by atoms with van der Waals surface area (Å²) in [5.74, 6) is -0.239. The fourth-order valence-electron chi connectivity index (χ4n) is 9.16. The highest BCUT2D eigenvalue weighted by molar-refractivity contribution is 5.76. The van der Waals surface area contributed by atoms with Crippen molar-refractivity contribution in [3.05, 3.63) is 0 Å². The third kappa shape index (κ3) is 26.0. The van der Waals surface area contributed by atoms with Gasteiger partial charge in [-0.15, -0.1) is 0 Å². The van der Waals surface area contributed by atoms with Crippen LogP contribution >= 0.6 is 0 Å². The van der Waals surface area contributed by atoms with Gasteiger partial charge < -0.3 is 65.1 Å². The second-order valence-electron chi connectivity index (χ2n) is 19.4. The third-order valence-electron chi connectivity index (χ3n) is 13.6. The fraction of sp³-hybridized carbons (Fsp3) is 0.980. The second-order valence-corrected chi connectivity index (χ2v) is 19.4. The van der Waals surface area contributed by atoms with Crippen LogP contribution in [0.1, 0.15) is 226 Å². The lowest BCUT2D eigenvalue weighted by Crippen LogP contribution is -2.65. The molecule has 0 saturated carbocycles. The van der Waals surface area contributed by atoms with Gasteiger partial charge in [0.2, 0.25) is 5.91 Å². The van der Waals surface area contributed by atoms with Crippen molar-refractivity contribution in [3.63, 3.8) is 0 Å². The number of rotatable bonds is 42. The fourth-order valence-corrected chi connectivity index (χ4v) is 9.16. The number of amides is 1. The predicted molar refractivity (Wildman–Crippen MR) is 254 cm³/mol. The molecular formula is C51H99NO13. The molecule has 0 bridgehead atoms. The molecule has 2 saturated heterocycles. The van der Waals surface area contributed by atoms with Gasteiger partial charge in [-0.1, -0.05) is 206 Å². The average Bonchev–Trinajstić information content (AvgIpc) is 3.30. The predicted octanol–water partition coefficient (Wildman–Crippen LogP) is 7.39. The van der Waals surface area contributed by atoms with E-state index in [1.165, 1.54) is 161 Å². The van der Waals surface area contributed by atoms with Crippen molar-refractivity contribution in [1.82, 2.24) is 5.32 Å². The molecule has 2 aliphatic heterocycles. The topological polar surface area (TPSA) is 228 Å². The molecule has 0 spiro atoms. The summed E-state index contributed by atoms with van der Waals surface area (Å²) in [4.78, 5) is 12.7. The molecule has 0 radical (unpaired) electrons. The molecule has 2 rings (SSSR count). The Kier molecular flexibility index (Phi) is 35.9. The Morgan fingerprint density at radius 2 is 0.877 bits per heavy atom. The van der Waals surface area contributed by atoms with Crippen LogP contribution in [-0.4, -0.2) is 140 Å². The Labute approximate surface area is 393 Å². The van der Waals surface area contributed by atoms with Gasteiger partial charge in [-0.05, 0) is 12.8 Å². The number of hydrogen-bond acceptors (Lipinski definition) is 13. The molecule has 2 aliphatic rings. The van der Waals surface area contributed by atoms with E-state index < -0.39 is 86.8 Å². The molecule has 12 unspecified atom stereocenters. The molecule has 14 heteroatoms. The normalized spacial score (nSPS) is 26.9. The van der Waals surface area contributed by atoms with E-state index >= 15 is 0 Å². The number of unbranched alkanes of at least 4 members (excludes halogenated alkanes) is 29. The Morgan fingerprint density at radius 3 is 1.29 bits per heavy atom. The van der Waals surface area contributed by atoms with Gasteiger partial charge in [0.15, 0.2) is 12.6 Å². The number of aliphatic hydroxyl groups excluding tert-OH is 8. The summed E-state index contributed by atoms with van der Waals surface area (Å²) in [5, 5.41) is 86.1. The van der Waals surface area contributed by atoms with Gasteiger partial charge in [-0.2, -0.15) is 0 Å². The molecule has 2 fully saturated rings. The van der Waals surface area contributed by atoms with Crippen LogP contribution in [0.25, 0.3) is 0 Å². The van der Waals surface area contributed by atoms with E-state index in [1.807, 2.05) is 6.92 Å².